The first kappa shape index (κ1) is 54.1. The number of esters is 1. The standard InChI is InChI=1S/C56H60N6O13S/c1-55(2,3)74-52(65)60-30-35(38-17-13-15-23-47(38)60)27-45(57)50(63)58-62(54(67)73-33-44-42-21-11-9-19-40(42)41-20-10-12-22-43(41)44)76(68,69)59-46(51(64)72-32-34-25-26-37(70-7)29-49(34)71-8)28-36-31-61(53(66)75-56(4,5)6)48-24-16-14-18-39(36)48/h9-26,29-31,44-46,59H,27-28,32-33,57H2,1-8H3,(H,58,63)/t45-,46+/m1/s1. The minimum atomic E-state index is -5.39. The van der Waals surface area contributed by atoms with Crippen LogP contribution in [0.2, 0.25) is 0 Å². The zero-order valence-electron chi connectivity index (χ0n) is 43.3. The van der Waals surface area contributed by atoms with Gasteiger partial charge in [0, 0.05) is 47.1 Å². The Hall–Kier alpha value is -8.20. The van der Waals surface area contributed by atoms with Crippen molar-refractivity contribution in [1.29, 1.82) is 0 Å². The van der Waals surface area contributed by atoms with E-state index in [0.29, 0.717) is 50.0 Å². The number of fused-ring (bicyclic) bond motifs is 5. The van der Waals surface area contributed by atoms with Crippen LogP contribution in [0.25, 0.3) is 32.9 Å². The molecule has 398 valence electrons. The summed E-state index contributed by atoms with van der Waals surface area (Å²) in [6, 6.07) is 30.1. The van der Waals surface area contributed by atoms with E-state index in [1.54, 1.807) is 108 Å². The van der Waals surface area contributed by atoms with Crippen LogP contribution in [0.1, 0.15) is 75.3 Å². The van der Waals surface area contributed by atoms with Gasteiger partial charge in [-0.3, -0.25) is 18.7 Å². The molecule has 19 nitrogen and oxygen atoms in total. The fourth-order valence-corrected chi connectivity index (χ4v) is 10.1. The Balaban J connectivity index is 1.14. The summed E-state index contributed by atoms with van der Waals surface area (Å²) >= 11 is 0. The molecule has 0 aliphatic heterocycles. The van der Waals surface area contributed by atoms with Crippen LogP contribution in [-0.2, 0) is 58.2 Å². The van der Waals surface area contributed by atoms with E-state index < -0.39 is 82.6 Å². The average Bonchev–Trinajstić information content (AvgIpc) is 4.05. The van der Waals surface area contributed by atoms with Crippen LogP contribution in [0.15, 0.2) is 128 Å². The molecule has 0 radical (unpaired) electrons. The maximum atomic E-state index is 15.0. The lowest BCUT2D eigenvalue weighted by molar-refractivity contribution is -0.147. The van der Waals surface area contributed by atoms with Crippen LogP contribution in [0, 0.1) is 0 Å². The highest BCUT2D eigenvalue weighted by Gasteiger charge is 2.39. The summed E-state index contributed by atoms with van der Waals surface area (Å²) < 4.78 is 68.5. The second-order valence-corrected chi connectivity index (χ2v) is 21.6. The van der Waals surface area contributed by atoms with E-state index in [1.807, 2.05) is 48.5 Å². The molecule has 0 saturated carbocycles. The quantitative estimate of drug-likeness (QED) is 0.0496. The number of methoxy groups -OCH3 is 2. The molecule has 0 unspecified atom stereocenters. The van der Waals surface area contributed by atoms with Gasteiger partial charge in [-0.25, -0.2) is 19.8 Å². The molecule has 8 rings (SSSR count). The molecule has 2 atom stereocenters. The van der Waals surface area contributed by atoms with Gasteiger partial charge in [-0.15, -0.1) is 0 Å². The van der Waals surface area contributed by atoms with E-state index >= 15 is 8.42 Å². The van der Waals surface area contributed by atoms with Crippen LogP contribution >= 0.6 is 0 Å². The topological polar surface area (TPSA) is 238 Å². The van der Waals surface area contributed by atoms with Gasteiger partial charge in [0.1, 0.15) is 42.0 Å². The van der Waals surface area contributed by atoms with E-state index in [9.17, 15) is 24.0 Å². The number of nitrogens with one attached hydrogen (secondary N) is 2. The Kier molecular flexibility index (Phi) is 15.6. The lowest BCUT2D eigenvalue weighted by Gasteiger charge is -2.27. The van der Waals surface area contributed by atoms with Crippen LogP contribution in [0.4, 0.5) is 14.4 Å². The van der Waals surface area contributed by atoms with Crippen LogP contribution in [0.5, 0.6) is 11.5 Å². The number of carbonyl (C=O) groups is 5. The average molecular weight is 1060 g/mol. The smallest absolute Gasteiger partial charge is 0.444 e. The molecule has 0 saturated heterocycles. The van der Waals surface area contributed by atoms with Gasteiger partial charge in [-0.05, 0) is 106 Å². The van der Waals surface area contributed by atoms with Crippen molar-refractivity contribution in [3.63, 3.8) is 0 Å². The van der Waals surface area contributed by atoms with Crippen LogP contribution < -0.4 is 25.4 Å². The van der Waals surface area contributed by atoms with Gasteiger partial charge < -0.3 is 34.2 Å². The van der Waals surface area contributed by atoms with Gasteiger partial charge >= 0.3 is 34.5 Å². The first-order chi connectivity index (χ1) is 36.1. The molecule has 4 N–H and O–H groups in total. The molecular weight excluding hydrogens is 997 g/mol. The molecule has 1 aliphatic carbocycles. The third-order valence-corrected chi connectivity index (χ3v) is 13.7. The monoisotopic (exact) mass is 1060 g/mol. The Bertz CT molecular complexity index is 3420. The molecule has 20 heteroatoms. The van der Waals surface area contributed by atoms with Crippen molar-refractivity contribution in [3.8, 4) is 22.6 Å². The predicted octanol–water partition coefficient (Wildman–Crippen LogP) is 8.52. The minimum Gasteiger partial charge on any atom is -0.497 e. The van der Waals surface area contributed by atoms with Crippen LogP contribution in [-0.4, -0.2) is 96.2 Å². The highest BCUT2D eigenvalue weighted by Crippen LogP contribution is 2.44. The molecule has 2 heterocycles. The predicted molar refractivity (Wildman–Crippen MR) is 283 cm³/mol. The van der Waals surface area contributed by atoms with Crippen molar-refractivity contribution >= 4 is 62.2 Å². The fourth-order valence-electron chi connectivity index (χ4n) is 8.97. The number of benzene rings is 5. The molecule has 2 aromatic heterocycles. The lowest BCUT2D eigenvalue weighted by Crippen LogP contribution is -2.60. The maximum absolute atomic E-state index is 15.0. The number of hydrazine groups is 1. The third kappa shape index (κ3) is 12.0. The second-order valence-electron chi connectivity index (χ2n) is 20.1. The summed E-state index contributed by atoms with van der Waals surface area (Å²) in [7, 11) is -2.50. The number of nitrogens with zero attached hydrogens (tertiary/aromatic N) is 3. The summed E-state index contributed by atoms with van der Waals surface area (Å²) in [6.45, 7) is 9.50. The number of carbonyl (C=O) groups excluding carboxylic acids is 5. The molecule has 76 heavy (non-hydrogen) atoms. The summed E-state index contributed by atoms with van der Waals surface area (Å²) in [5, 5.41) is 1.02. The highest BCUT2D eigenvalue weighted by molar-refractivity contribution is 7.87. The number of aromatic nitrogens is 2. The molecule has 0 bridgehead atoms. The summed E-state index contributed by atoms with van der Waals surface area (Å²) in [5.74, 6) is -2.04. The third-order valence-electron chi connectivity index (χ3n) is 12.4. The number of hydrogen-bond donors (Lipinski definition) is 3. The SMILES string of the molecule is COc1ccc(COC(=O)[C@H](Cc2cn(C(=O)OC(C)(C)C)c3ccccc23)NS(=O)(=O)N(NC(=O)[C@H](N)Cc2cn(C(=O)OC(C)(C)C)c3ccccc23)C(=O)OCC2c3ccccc3-c3ccccc32)c(OC)c1. The Morgan fingerprint density at radius 1 is 0.658 bits per heavy atom. The number of para-hydroxylation sites is 2. The van der Waals surface area contributed by atoms with Crippen molar-refractivity contribution in [3.05, 3.63) is 155 Å². The van der Waals surface area contributed by atoms with E-state index in [4.69, 9.17) is 34.2 Å². The minimum absolute atomic E-state index is 0.0390. The Labute approximate surface area is 439 Å². The zero-order chi connectivity index (χ0) is 54.7. The van der Waals surface area contributed by atoms with E-state index in [1.165, 1.54) is 35.7 Å². The molecule has 0 spiro atoms. The Morgan fingerprint density at radius 3 is 1.70 bits per heavy atom. The summed E-state index contributed by atoms with van der Waals surface area (Å²) in [5.41, 5.74) is 12.4. The van der Waals surface area contributed by atoms with Gasteiger partial charge in [-0.1, -0.05) is 89.3 Å². The van der Waals surface area contributed by atoms with Gasteiger partial charge in [0.15, 0.2) is 0 Å². The molecule has 1 aliphatic rings. The van der Waals surface area contributed by atoms with Crippen LogP contribution in [0.3, 0.4) is 0 Å². The van der Waals surface area contributed by atoms with Gasteiger partial charge in [0.25, 0.3) is 5.91 Å². The zero-order valence-corrected chi connectivity index (χ0v) is 44.1. The number of hydrogen-bond acceptors (Lipinski definition) is 14. The van der Waals surface area contributed by atoms with E-state index in [2.05, 4.69) is 10.1 Å². The molecule has 7 aromatic rings. The number of nitrogens with two attached hydrogens (primary N) is 1. The van der Waals surface area contributed by atoms with Crippen molar-refractivity contribution in [2.45, 2.75) is 90.2 Å². The van der Waals surface area contributed by atoms with Gasteiger partial charge in [0.2, 0.25) is 0 Å². The van der Waals surface area contributed by atoms with E-state index in [-0.39, 0.29) is 17.4 Å². The molecule has 0 fully saturated rings. The Morgan fingerprint density at radius 2 is 1.17 bits per heavy atom. The van der Waals surface area contributed by atoms with E-state index in [0.717, 1.165) is 22.3 Å². The summed E-state index contributed by atoms with van der Waals surface area (Å²) in [6.07, 6.45) is -0.780. The van der Waals surface area contributed by atoms with Crippen molar-refractivity contribution in [2.75, 3.05) is 20.8 Å². The largest absolute Gasteiger partial charge is 0.497 e. The first-order valence-corrected chi connectivity index (χ1v) is 25.8. The fraction of sp³-hybridized carbons (Fsp3) is 0.304. The highest BCUT2D eigenvalue weighted by atomic mass is 32.2. The van der Waals surface area contributed by atoms with Gasteiger partial charge in [0.05, 0.1) is 31.3 Å². The summed E-state index contributed by atoms with van der Waals surface area (Å²) in [4.78, 5) is 70.2. The van der Waals surface area contributed by atoms with Crippen molar-refractivity contribution < 1.29 is 60.8 Å². The van der Waals surface area contributed by atoms with Gasteiger partial charge in [-0.2, -0.15) is 13.1 Å². The normalized spacial score (nSPS) is 13.3. The second kappa shape index (κ2) is 21.9. The molecular formula is C56H60N6O13S. The maximum Gasteiger partial charge on any atom is 0.444 e. The molecule has 2 amide bonds. The lowest BCUT2D eigenvalue weighted by atomic mass is 9.98. The molecule has 5 aromatic carbocycles. The number of ether oxygens (including phenoxy) is 6. The number of amides is 2. The van der Waals surface area contributed by atoms with Crippen molar-refractivity contribution in [2.24, 2.45) is 5.73 Å². The first-order valence-electron chi connectivity index (χ1n) is 24.3. The van der Waals surface area contributed by atoms with Crippen molar-refractivity contribution in [1.82, 2.24) is 23.7 Å². The number of rotatable bonds is 15.